The number of ether oxygens (including phenoxy) is 1. The van der Waals surface area contributed by atoms with E-state index in [4.69, 9.17) is 10.00 Å². The number of nitrogens with zero attached hydrogens (tertiary/aromatic N) is 1. The molecule has 1 spiro atoms. The van der Waals surface area contributed by atoms with Crippen LogP contribution >= 0.6 is 0 Å². The lowest BCUT2D eigenvalue weighted by Gasteiger charge is -2.61. The highest BCUT2D eigenvalue weighted by molar-refractivity contribution is 5.47. The maximum atomic E-state index is 8.69. The lowest BCUT2D eigenvalue weighted by Crippen LogP contribution is -2.64. The van der Waals surface area contributed by atoms with Crippen LogP contribution in [0.2, 0.25) is 0 Å². The Morgan fingerprint density at radius 2 is 2.10 bits per heavy atom. The molecule has 1 aromatic rings. The molecule has 0 saturated heterocycles. The van der Waals surface area contributed by atoms with Crippen LogP contribution in [0.4, 0.5) is 5.69 Å². The van der Waals surface area contributed by atoms with Crippen molar-refractivity contribution in [2.45, 2.75) is 51.2 Å². The Balaban J connectivity index is 1.62. The fourth-order valence-electron chi connectivity index (χ4n) is 3.65. The Morgan fingerprint density at radius 3 is 2.65 bits per heavy atom. The van der Waals surface area contributed by atoms with Gasteiger partial charge in [0.2, 0.25) is 0 Å². The van der Waals surface area contributed by atoms with Crippen LogP contribution in [-0.4, -0.2) is 18.8 Å². The van der Waals surface area contributed by atoms with Crippen molar-refractivity contribution in [1.82, 2.24) is 0 Å². The van der Waals surface area contributed by atoms with Gasteiger partial charge in [0.1, 0.15) is 0 Å². The van der Waals surface area contributed by atoms with E-state index in [0.29, 0.717) is 24.0 Å². The first-order valence-corrected chi connectivity index (χ1v) is 7.62. The van der Waals surface area contributed by atoms with E-state index >= 15 is 0 Å². The molecule has 0 radical (unpaired) electrons. The Morgan fingerprint density at radius 1 is 1.35 bits per heavy atom. The molecular formula is C17H22N2O. The first kappa shape index (κ1) is 13.5. The van der Waals surface area contributed by atoms with E-state index in [2.05, 4.69) is 30.4 Å². The summed E-state index contributed by atoms with van der Waals surface area (Å²) in [4.78, 5) is 0. The van der Waals surface area contributed by atoms with Crippen molar-refractivity contribution < 1.29 is 4.74 Å². The average molecular weight is 270 g/mol. The standard InChI is InChI=1S/C17H22N2O/c1-2-20-16-12-15(17(16)9-3-10-17)19-14-6-4-13(5-7-14)8-11-18/h4-7,15-16,19H,2-3,8-10,12H2,1H3. The molecule has 20 heavy (non-hydrogen) atoms. The summed E-state index contributed by atoms with van der Waals surface area (Å²) in [5, 5.41) is 12.4. The highest BCUT2D eigenvalue weighted by atomic mass is 16.5. The summed E-state index contributed by atoms with van der Waals surface area (Å²) < 4.78 is 5.88. The topological polar surface area (TPSA) is 45.0 Å². The number of nitriles is 1. The van der Waals surface area contributed by atoms with Crippen LogP contribution in [0.1, 0.15) is 38.2 Å². The van der Waals surface area contributed by atoms with E-state index in [1.807, 2.05) is 12.1 Å². The molecule has 0 amide bonds. The van der Waals surface area contributed by atoms with Gasteiger partial charge in [0.15, 0.2) is 0 Å². The van der Waals surface area contributed by atoms with E-state index in [1.54, 1.807) is 0 Å². The molecule has 0 aliphatic heterocycles. The molecule has 106 valence electrons. The molecule has 0 bridgehead atoms. The van der Waals surface area contributed by atoms with Crippen LogP contribution < -0.4 is 5.32 Å². The smallest absolute Gasteiger partial charge is 0.0670 e. The first-order valence-electron chi connectivity index (χ1n) is 7.62. The normalized spacial score (nSPS) is 26.4. The van der Waals surface area contributed by atoms with Crippen molar-refractivity contribution in [3.63, 3.8) is 0 Å². The summed E-state index contributed by atoms with van der Waals surface area (Å²) in [6, 6.07) is 11.0. The summed E-state index contributed by atoms with van der Waals surface area (Å²) in [6.07, 6.45) is 5.98. The van der Waals surface area contributed by atoms with E-state index in [9.17, 15) is 0 Å². The zero-order chi connectivity index (χ0) is 14.0. The Kier molecular flexibility index (Phi) is 3.67. The van der Waals surface area contributed by atoms with Gasteiger partial charge in [-0.25, -0.2) is 0 Å². The molecule has 3 nitrogen and oxygen atoms in total. The molecule has 2 aliphatic rings. The van der Waals surface area contributed by atoms with Crippen LogP contribution in [0, 0.1) is 16.7 Å². The first-order chi connectivity index (χ1) is 9.78. The van der Waals surface area contributed by atoms with Crippen molar-refractivity contribution in [3.8, 4) is 6.07 Å². The number of benzene rings is 1. The van der Waals surface area contributed by atoms with E-state index in [0.717, 1.165) is 24.3 Å². The van der Waals surface area contributed by atoms with E-state index in [-0.39, 0.29) is 0 Å². The summed E-state index contributed by atoms with van der Waals surface area (Å²) in [5.41, 5.74) is 2.64. The Hall–Kier alpha value is -1.53. The molecule has 3 rings (SSSR count). The zero-order valence-corrected chi connectivity index (χ0v) is 12.1. The maximum absolute atomic E-state index is 8.69. The average Bonchev–Trinajstić information content (AvgIpc) is 2.38. The molecule has 2 fully saturated rings. The summed E-state index contributed by atoms with van der Waals surface area (Å²) in [6.45, 7) is 2.91. The third-order valence-electron chi connectivity index (χ3n) is 5.02. The van der Waals surface area contributed by atoms with Crippen molar-refractivity contribution in [2.75, 3.05) is 11.9 Å². The van der Waals surface area contributed by atoms with Crippen LogP contribution in [0.5, 0.6) is 0 Å². The monoisotopic (exact) mass is 270 g/mol. The Bertz CT molecular complexity index is 499. The van der Waals surface area contributed by atoms with Gasteiger partial charge < -0.3 is 10.1 Å². The molecular weight excluding hydrogens is 248 g/mol. The van der Waals surface area contributed by atoms with E-state index < -0.39 is 0 Å². The van der Waals surface area contributed by atoms with Crippen LogP contribution in [0.25, 0.3) is 0 Å². The van der Waals surface area contributed by atoms with Gasteiger partial charge in [0, 0.05) is 23.8 Å². The quantitative estimate of drug-likeness (QED) is 0.890. The molecule has 0 aromatic heterocycles. The van der Waals surface area contributed by atoms with Gasteiger partial charge in [0.05, 0.1) is 18.6 Å². The summed E-state index contributed by atoms with van der Waals surface area (Å²) in [5.74, 6) is 0. The highest BCUT2D eigenvalue weighted by Crippen LogP contribution is 2.58. The van der Waals surface area contributed by atoms with Crippen molar-refractivity contribution in [1.29, 1.82) is 5.26 Å². The minimum atomic E-state index is 0.390. The molecule has 1 aromatic carbocycles. The minimum absolute atomic E-state index is 0.390. The second-order valence-electron chi connectivity index (χ2n) is 6.00. The van der Waals surface area contributed by atoms with Gasteiger partial charge in [-0.3, -0.25) is 0 Å². The van der Waals surface area contributed by atoms with Gasteiger partial charge >= 0.3 is 0 Å². The molecule has 2 aliphatic carbocycles. The van der Waals surface area contributed by atoms with Crippen LogP contribution in [0.3, 0.4) is 0 Å². The molecule has 1 N–H and O–H groups in total. The second-order valence-corrected chi connectivity index (χ2v) is 6.00. The third-order valence-corrected chi connectivity index (χ3v) is 5.02. The SMILES string of the molecule is CCOC1CC(Nc2ccc(CC#N)cc2)C12CCC2. The van der Waals surface area contributed by atoms with Crippen molar-refractivity contribution in [2.24, 2.45) is 5.41 Å². The van der Waals surface area contributed by atoms with Crippen LogP contribution in [0.15, 0.2) is 24.3 Å². The lowest BCUT2D eigenvalue weighted by molar-refractivity contribution is -0.157. The van der Waals surface area contributed by atoms with Crippen LogP contribution in [-0.2, 0) is 11.2 Å². The van der Waals surface area contributed by atoms with Crippen molar-refractivity contribution in [3.05, 3.63) is 29.8 Å². The lowest BCUT2D eigenvalue weighted by atomic mass is 9.51. The van der Waals surface area contributed by atoms with Gasteiger partial charge in [-0.05, 0) is 43.9 Å². The van der Waals surface area contributed by atoms with E-state index in [1.165, 1.54) is 19.3 Å². The summed E-state index contributed by atoms with van der Waals surface area (Å²) in [7, 11) is 0. The number of rotatable bonds is 5. The predicted molar refractivity (Wildman–Crippen MR) is 79.5 cm³/mol. The van der Waals surface area contributed by atoms with Gasteiger partial charge in [-0.1, -0.05) is 18.6 Å². The number of nitrogens with one attached hydrogen (secondary N) is 1. The minimum Gasteiger partial charge on any atom is -0.382 e. The highest BCUT2D eigenvalue weighted by Gasteiger charge is 2.58. The summed E-state index contributed by atoms with van der Waals surface area (Å²) >= 11 is 0. The molecule has 2 atom stereocenters. The maximum Gasteiger partial charge on any atom is 0.0670 e. The van der Waals surface area contributed by atoms with Gasteiger partial charge in [0.25, 0.3) is 0 Å². The molecule has 2 unspecified atom stereocenters. The fraction of sp³-hybridized carbons (Fsp3) is 0.588. The van der Waals surface area contributed by atoms with Gasteiger partial charge in [-0.15, -0.1) is 0 Å². The third kappa shape index (κ3) is 2.19. The van der Waals surface area contributed by atoms with Crippen molar-refractivity contribution >= 4 is 5.69 Å². The number of anilines is 1. The number of hydrogen-bond acceptors (Lipinski definition) is 3. The molecule has 3 heteroatoms. The van der Waals surface area contributed by atoms with Gasteiger partial charge in [-0.2, -0.15) is 5.26 Å². The second kappa shape index (κ2) is 5.46. The molecule has 2 saturated carbocycles. The fourth-order valence-corrected chi connectivity index (χ4v) is 3.65. The Labute approximate surface area is 120 Å². The zero-order valence-electron chi connectivity index (χ0n) is 12.1. The number of hydrogen-bond donors (Lipinski definition) is 1. The molecule has 0 heterocycles. The largest absolute Gasteiger partial charge is 0.382 e. The predicted octanol–water partition coefficient (Wildman–Crippen LogP) is 3.51.